The largest absolute Gasteiger partial charge is 0.436 e. The molecule has 0 fully saturated rings. The van der Waals surface area contributed by atoms with Crippen LogP contribution in [0.25, 0.3) is 0 Å². The van der Waals surface area contributed by atoms with Crippen LogP contribution in [-0.4, -0.2) is 9.97 Å². The molecule has 0 aromatic carbocycles. The standard InChI is InChI=1S/C9H5ClF3N3O/c10-5-1-2-14-7(3-5)16-8-15-6(4-17-8)9(11,12)13/h1-4H,(H,14,15,16). The van der Waals surface area contributed by atoms with Crippen molar-refractivity contribution >= 4 is 23.4 Å². The van der Waals surface area contributed by atoms with Crippen LogP contribution in [0.4, 0.5) is 25.0 Å². The number of aromatic nitrogens is 2. The molecule has 2 heterocycles. The number of pyridine rings is 1. The van der Waals surface area contributed by atoms with Crippen molar-refractivity contribution < 1.29 is 17.6 Å². The van der Waals surface area contributed by atoms with Gasteiger partial charge in [0.15, 0.2) is 5.69 Å². The minimum absolute atomic E-state index is 0.244. The Morgan fingerprint density at radius 2 is 2.12 bits per heavy atom. The summed E-state index contributed by atoms with van der Waals surface area (Å²) in [5.74, 6) is 0.244. The maximum atomic E-state index is 12.2. The van der Waals surface area contributed by atoms with Crippen molar-refractivity contribution in [2.24, 2.45) is 0 Å². The van der Waals surface area contributed by atoms with E-state index in [1.165, 1.54) is 18.3 Å². The molecule has 1 N–H and O–H groups in total. The number of nitrogens with zero attached hydrogens (tertiary/aromatic N) is 2. The summed E-state index contributed by atoms with van der Waals surface area (Å²) in [6, 6.07) is 2.66. The van der Waals surface area contributed by atoms with E-state index in [1.54, 1.807) is 0 Å². The summed E-state index contributed by atoms with van der Waals surface area (Å²) >= 11 is 5.68. The van der Waals surface area contributed by atoms with Gasteiger partial charge in [-0.25, -0.2) is 4.98 Å². The Morgan fingerprint density at radius 3 is 2.71 bits per heavy atom. The van der Waals surface area contributed by atoms with Crippen molar-refractivity contribution in [2.45, 2.75) is 6.18 Å². The molecule has 90 valence electrons. The summed E-state index contributed by atoms with van der Waals surface area (Å²) in [7, 11) is 0. The first-order chi connectivity index (χ1) is 7.95. The van der Waals surface area contributed by atoms with Crippen LogP contribution in [-0.2, 0) is 6.18 Å². The summed E-state index contributed by atoms with van der Waals surface area (Å²) in [4.78, 5) is 7.05. The van der Waals surface area contributed by atoms with Gasteiger partial charge in [-0.15, -0.1) is 0 Å². The second kappa shape index (κ2) is 4.25. The third kappa shape index (κ3) is 2.88. The van der Waals surface area contributed by atoms with Crippen LogP contribution in [0.1, 0.15) is 5.69 Å². The van der Waals surface area contributed by atoms with Gasteiger partial charge in [0, 0.05) is 11.2 Å². The smallest absolute Gasteiger partial charge is 0.431 e. The minimum atomic E-state index is -4.54. The summed E-state index contributed by atoms with van der Waals surface area (Å²) in [6.45, 7) is 0. The van der Waals surface area contributed by atoms with E-state index >= 15 is 0 Å². The second-order valence-corrected chi connectivity index (χ2v) is 3.46. The molecule has 0 spiro atoms. The number of rotatable bonds is 2. The SMILES string of the molecule is FC(F)(F)c1coc(Nc2cc(Cl)ccn2)n1. The summed E-state index contributed by atoms with van der Waals surface area (Å²) in [5.41, 5.74) is -1.11. The van der Waals surface area contributed by atoms with E-state index in [4.69, 9.17) is 11.6 Å². The van der Waals surface area contributed by atoms with E-state index in [2.05, 4.69) is 19.7 Å². The fraction of sp³-hybridized carbons (Fsp3) is 0.111. The van der Waals surface area contributed by atoms with Gasteiger partial charge in [0.1, 0.15) is 12.1 Å². The topological polar surface area (TPSA) is 51.0 Å². The molecule has 0 saturated heterocycles. The lowest BCUT2D eigenvalue weighted by atomic mass is 10.4. The Balaban J connectivity index is 2.17. The molecule has 2 rings (SSSR count). The quantitative estimate of drug-likeness (QED) is 0.901. The number of hydrogen-bond acceptors (Lipinski definition) is 4. The Bertz CT molecular complexity index is 526. The molecule has 0 aliphatic carbocycles. The Labute approximate surface area is 98.4 Å². The van der Waals surface area contributed by atoms with Gasteiger partial charge >= 0.3 is 12.2 Å². The van der Waals surface area contributed by atoms with Crippen LogP contribution < -0.4 is 5.32 Å². The molecular weight excluding hydrogens is 259 g/mol. The average molecular weight is 264 g/mol. The highest BCUT2D eigenvalue weighted by molar-refractivity contribution is 6.30. The monoisotopic (exact) mass is 263 g/mol. The fourth-order valence-electron chi connectivity index (χ4n) is 1.04. The van der Waals surface area contributed by atoms with Crippen LogP contribution in [0.5, 0.6) is 0 Å². The van der Waals surface area contributed by atoms with E-state index in [9.17, 15) is 13.2 Å². The number of hydrogen-bond donors (Lipinski definition) is 1. The van der Waals surface area contributed by atoms with Gasteiger partial charge < -0.3 is 4.42 Å². The van der Waals surface area contributed by atoms with E-state index in [-0.39, 0.29) is 11.8 Å². The molecule has 0 radical (unpaired) electrons. The molecule has 2 aromatic heterocycles. The van der Waals surface area contributed by atoms with Crippen molar-refractivity contribution in [3.63, 3.8) is 0 Å². The van der Waals surface area contributed by atoms with Crippen molar-refractivity contribution in [1.82, 2.24) is 9.97 Å². The van der Waals surface area contributed by atoms with Crippen molar-refractivity contribution in [2.75, 3.05) is 5.32 Å². The van der Waals surface area contributed by atoms with Gasteiger partial charge in [-0.2, -0.15) is 18.2 Å². The number of oxazole rings is 1. The number of halogens is 4. The zero-order chi connectivity index (χ0) is 12.5. The maximum absolute atomic E-state index is 12.2. The van der Waals surface area contributed by atoms with Gasteiger partial charge in [-0.3, -0.25) is 5.32 Å². The molecular formula is C9H5ClF3N3O. The zero-order valence-corrected chi connectivity index (χ0v) is 8.88. The van der Waals surface area contributed by atoms with Gasteiger partial charge in [-0.05, 0) is 12.1 Å². The highest BCUT2D eigenvalue weighted by atomic mass is 35.5. The van der Waals surface area contributed by atoms with Crippen molar-refractivity contribution in [3.8, 4) is 0 Å². The predicted octanol–water partition coefficient (Wildman–Crippen LogP) is 3.49. The van der Waals surface area contributed by atoms with Crippen LogP contribution in [0.2, 0.25) is 5.02 Å². The van der Waals surface area contributed by atoms with Crippen LogP contribution in [0.3, 0.4) is 0 Å². The van der Waals surface area contributed by atoms with E-state index < -0.39 is 11.9 Å². The lowest BCUT2D eigenvalue weighted by Crippen LogP contribution is -2.05. The van der Waals surface area contributed by atoms with Gasteiger partial charge in [0.2, 0.25) is 0 Å². The van der Waals surface area contributed by atoms with Crippen LogP contribution in [0.15, 0.2) is 29.0 Å². The molecule has 0 unspecified atom stereocenters. The van der Waals surface area contributed by atoms with Gasteiger partial charge in [0.05, 0.1) is 0 Å². The first-order valence-corrected chi connectivity index (χ1v) is 4.74. The van der Waals surface area contributed by atoms with E-state index in [0.717, 1.165) is 0 Å². The molecule has 0 atom stereocenters. The number of alkyl halides is 3. The molecule has 0 bridgehead atoms. The van der Waals surface area contributed by atoms with Crippen molar-refractivity contribution in [3.05, 3.63) is 35.3 Å². The first kappa shape index (κ1) is 11.7. The van der Waals surface area contributed by atoms with E-state index in [0.29, 0.717) is 11.3 Å². The molecule has 4 nitrogen and oxygen atoms in total. The Hall–Kier alpha value is -1.76. The minimum Gasteiger partial charge on any atom is -0.431 e. The van der Waals surface area contributed by atoms with E-state index in [1.807, 2.05) is 0 Å². The zero-order valence-electron chi connectivity index (χ0n) is 8.12. The molecule has 0 aliphatic heterocycles. The number of nitrogens with one attached hydrogen (secondary N) is 1. The third-order valence-electron chi connectivity index (χ3n) is 1.75. The molecule has 2 aromatic rings. The normalized spacial score (nSPS) is 11.5. The third-order valence-corrected chi connectivity index (χ3v) is 1.99. The summed E-state index contributed by atoms with van der Waals surface area (Å²) in [6.07, 6.45) is -2.61. The first-order valence-electron chi connectivity index (χ1n) is 4.36. The molecule has 0 saturated carbocycles. The molecule has 0 aliphatic rings. The lowest BCUT2D eigenvalue weighted by Gasteiger charge is -2.00. The fourth-order valence-corrected chi connectivity index (χ4v) is 1.20. The highest BCUT2D eigenvalue weighted by Gasteiger charge is 2.34. The molecule has 0 amide bonds. The van der Waals surface area contributed by atoms with Crippen molar-refractivity contribution in [1.29, 1.82) is 0 Å². The highest BCUT2D eigenvalue weighted by Crippen LogP contribution is 2.29. The molecule has 8 heteroatoms. The lowest BCUT2D eigenvalue weighted by molar-refractivity contribution is -0.141. The summed E-state index contributed by atoms with van der Waals surface area (Å²) in [5, 5.41) is 2.86. The predicted molar refractivity (Wildman–Crippen MR) is 54.0 cm³/mol. The average Bonchev–Trinajstić information content (AvgIpc) is 2.65. The summed E-state index contributed by atoms with van der Waals surface area (Å²) < 4.78 is 41.3. The van der Waals surface area contributed by atoms with Gasteiger partial charge in [0.25, 0.3) is 0 Å². The second-order valence-electron chi connectivity index (χ2n) is 3.02. The maximum Gasteiger partial charge on any atom is 0.436 e. The van der Waals surface area contributed by atoms with Gasteiger partial charge in [-0.1, -0.05) is 11.6 Å². The van der Waals surface area contributed by atoms with Crippen LogP contribution in [0, 0.1) is 0 Å². The van der Waals surface area contributed by atoms with Crippen LogP contribution >= 0.6 is 11.6 Å². The number of anilines is 2. The Kier molecular flexibility index (Phi) is 2.93. The Morgan fingerprint density at radius 1 is 1.35 bits per heavy atom. The molecule has 17 heavy (non-hydrogen) atoms.